The number of nitrogens with two attached hydrogens (primary N) is 1. The van der Waals surface area contributed by atoms with Crippen LogP contribution in [0, 0.1) is 5.82 Å². The summed E-state index contributed by atoms with van der Waals surface area (Å²) in [7, 11) is 0. The van der Waals surface area contributed by atoms with E-state index in [2.05, 4.69) is 26.6 Å². The van der Waals surface area contributed by atoms with E-state index in [4.69, 9.17) is 5.73 Å². The highest BCUT2D eigenvalue weighted by molar-refractivity contribution is 5.87. The summed E-state index contributed by atoms with van der Waals surface area (Å²) < 4.78 is 14.3. The quantitative estimate of drug-likeness (QED) is 0.678. The third kappa shape index (κ3) is 2.07. The highest BCUT2D eigenvalue weighted by Crippen LogP contribution is 2.31. The van der Waals surface area contributed by atoms with Gasteiger partial charge in [0.2, 0.25) is 0 Å². The lowest BCUT2D eigenvalue weighted by Gasteiger charge is -2.20. The summed E-state index contributed by atoms with van der Waals surface area (Å²) >= 11 is 0. The van der Waals surface area contributed by atoms with Crippen molar-refractivity contribution in [1.82, 2.24) is 15.2 Å². The number of nitrogen functional groups attached to an aromatic ring is 1. The van der Waals surface area contributed by atoms with E-state index >= 15 is 0 Å². The van der Waals surface area contributed by atoms with E-state index in [-0.39, 0.29) is 5.82 Å². The van der Waals surface area contributed by atoms with E-state index in [0.29, 0.717) is 16.9 Å². The number of aryl methyl sites for hydroxylation is 1. The number of benzene rings is 1. The monoisotopic (exact) mass is 297 g/mol. The van der Waals surface area contributed by atoms with Crippen LogP contribution in [0.2, 0.25) is 0 Å². The Morgan fingerprint density at radius 3 is 3.00 bits per heavy atom. The second kappa shape index (κ2) is 4.98. The molecule has 2 aromatic heterocycles. The van der Waals surface area contributed by atoms with Crippen molar-refractivity contribution in [2.75, 3.05) is 11.1 Å². The number of pyridine rings is 1. The molecule has 0 radical (unpaired) electrons. The van der Waals surface area contributed by atoms with Crippen LogP contribution >= 0.6 is 0 Å². The second-order valence-electron chi connectivity index (χ2n) is 5.60. The van der Waals surface area contributed by atoms with Crippen molar-refractivity contribution in [1.29, 1.82) is 0 Å². The van der Waals surface area contributed by atoms with E-state index < -0.39 is 5.82 Å². The molecule has 6 heteroatoms. The molecule has 0 unspecified atom stereocenters. The third-order valence-electron chi connectivity index (χ3n) is 4.18. The van der Waals surface area contributed by atoms with Crippen molar-refractivity contribution in [2.45, 2.75) is 25.7 Å². The first-order chi connectivity index (χ1) is 10.7. The first-order valence-corrected chi connectivity index (χ1v) is 7.40. The van der Waals surface area contributed by atoms with E-state index in [1.54, 1.807) is 0 Å². The van der Waals surface area contributed by atoms with Gasteiger partial charge in [-0.1, -0.05) is 12.1 Å². The van der Waals surface area contributed by atoms with Gasteiger partial charge in [-0.3, -0.25) is 5.10 Å². The van der Waals surface area contributed by atoms with E-state index in [1.165, 1.54) is 23.6 Å². The third-order valence-corrected chi connectivity index (χ3v) is 4.18. The predicted molar refractivity (Wildman–Crippen MR) is 84.6 cm³/mol. The molecule has 1 aliphatic rings. The number of rotatable bonds is 2. The largest absolute Gasteiger partial charge is 0.384 e. The summed E-state index contributed by atoms with van der Waals surface area (Å²) in [5.41, 5.74) is 9.62. The van der Waals surface area contributed by atoms with Crippen LogP contribution in [0.15, 0.2) is 24.3 Å². The minimum atomic E-state index is -0.436. The Balaban J connectivity index is 1.76. The molecule has 0 saturated heterocycles. The van der Waals surface area contributed by atoms with Crippen LogP contribution in [-0.2, 0) is 12.8 Å². The molecule has 3 aromatic rings. The molecule has 112 valence electrons. The molecule has 2 heterocycles. The Bertz CT molecular complexity index is 855. The first kappa shape index (κ1) is 13.1. The Labute approximate surface area is 126 Å². The van der Waals surface area contributed by atoms with Crippen LogP contribution in [0.25, 0.3) is 11.0 Å². The van der Waals surface area contributed by atoms with Crippen LogP contribution in [0.3, 0.4) is 0 Å². The molecule has 0 amide bonds. The Morgan fingerprint density at radius 2 is 2.09 bits per heavy atom. The molecular weight excluding hydrogens is 281 g/mol. The van der Waals surface area contributed by atoms with E-state index in [1.807, 2.05) is 12.1 Å². The topological polar surface area (TPSA) is 79.6 Å². The minimum absolute atomic E-state index is 0.179. The number of hydrogen-bond donors (Lipinski definition) is 3. The number of aromatic amines is 1. The molecule has 1 aliphatic carbocycles. The van der Waals surface area contributed by atoms with Crippen LogP contribution in [0.1, 0.15) is 24.0 Å². The SMILES string of the molecule is Nc1[nH]nc2nc(Nc3cccc4c3CCCC4)c(F)cc12. The van der Waals surface area contributed by atoms with Gasteiger partial charge in [0.1, 0.15) is 5.82 Å². The van der Waals surface area contributed by atoms with Gasteiger partial charge in [0.05, 0.1) is 5.39 Å². The molecule has 0 bridgehead atoms. The molecule has 0 fully saturated rings. The number of aromatic nitrogens is 3. The maximum absolute atomic E-state index is 14.3. The predicted octanol–water partition coefficient (Wildman–Crippen LogP) is 3.30. The fourth-order valence-electron chi connectivity index (χ4n) is 3.05. The fourth-order valence-corrected chi connectivity index (χ4v) is 3.05. The standard InChI is InChI=1S/C16H16FN5/c17-12-8-11-14(18)21-22-15(11)20-16(12)19-13-7-3-5-9-4-1-2-6-10(9)13/h3,5,7-8H,1-2,4,6H2,(H4,18,19,20,21,22). The summed E-state index contributed by atoms with van der Waals surface area (Å²) in [5, 5.41) is 10.2. The number of anilines is 3. The van der Waals surface area contributed by atoms with Gasteiger partial charge < -0.3 is 11.1 Å². The van der Waals surface area contributed by atoms with Crippen LogP contribution in [0.4, 0.5) is 21.7 Å². The zero-order chi connectivity index (χ0) is 15.1. The number of fused-ring (bicyclic) bond motifs is 2. The normalized spacial score (nSPS) is 14.0. The van der Waals surface area contributed by atoms with Gasteiger partial charge in [0.15, 0.2) is 17.3 Å². The van der Waals surface area contributed by atoms with Crippen molar-refractivity contribution in [3.63, 3.8) is 0 Å². The van der Waals surface area contributed by atoms with Gasteiger partial charge in [0, 0.05) is 5.69 Å². The Kier molecular flexibility index (Phi) is 2.96. The van der Waals surface area contributed by atoms with Crippen molar-refractivity contribution >= 4 is 28.4 Å². The zero-order valence-electron chi connectivity index (χ0n) is 12.0. The van der Waals surface area contributed by atoms with Crippen molar-refractivity contribution < 1.29 is 4.39 Å². The average Bonchev–Trinajstić information content (AvgIpc) is 2.89. The fraction of sp³-hybridized carbons (Fsp3) is 0.250. The lowest BCUT2D eigenvalue weighted by molar-refractivity contribution is 0.629. The second-order valence-corrected chi connectivity index (χ2v) is 5.60. The van der Waals surface area contributed by atoms with Crippen LogP contribution in [0.5, 0.6) is 0 Å². The molecule has 0 aliphatic heterocycles. The average molecular weight is 297 g/mol. The van der Waals surface area contributed by atoms with E-state index in [9.17, 15) is 4.39 Å². The first-order valence-electron chi connectivity index (χ1n) is 7.40. The van der Waals surface area contributed by atoms with Gasteiger partial charge in [0.25, 0.3) is 0 Å². The molecule has 1 aromatic carbocycles. The molecular formula is C16H16FN5. The molecule has 22 heavy (non-hydrogen) atoms. The van der Waals surface area contributed by atoms with Gasteiger partial charge in [-0.05, 0) is 48.9 Å². The summed E-state index contributed by atoms with van der Waals surface area (Å²) in [4.78, 5) is 4.23. The summed E-state index contributed by atoms with van der Waals surface area (Å²) in [5.74, 6) is 0.0667. The van der Waals surface area contributed by atoms with Crippen LogP contribution in [-0.4, -0.2) is 15.2 Å². The van der Waals surface area contributed by atoms with E-state index in [0.717, 1.165) is 24.9 Å². The molecule has 4 rings (SSSR count). The summed E-state index contributed by atoms with van der Waals surface area (Å²) in [6.45, 7) is 0. The van der Waals surface area contributed by atoms with Crippen molar-refractivity contribution in [2.24, 2.45) is 0 Å². The number of nitrogens with one attached hydrogen (secondary N) is 2. The Morgan fingerprint density at radius 1 is 1.23 bits per heavy atom. The highest BCUT2D eigenvalue weighted by Gasteiger charge is 2.16. The molecule has 4 N–H and O–H groups in total. The number of nitrogens with zero attached hydrogens (tertiary/aromatic N) is 2. The van der Waals surface area contributed by atoms with Crippen molar-refractivity contribution in [3.05, 3.63) is 41.2 Å². The highest BCUT2D eigenvalue weighted by atomic mass is 19.1. The molecule has 0 spiro atoms. The molecule has 5 nitrogen and oxygen atoms in total. The zero-order valence-corrected chi connectivity index (χ0v) is 12.0. The van der Waals surface area contributed by atoms with Crippen LogP contribution < -0.4 is 11.1 Å². The number of hydrogen-bond acceptors (Lipinski definition) is 4. The van der Waals surface area contributed by atoms with Gasteiger partial charge in [-0.2, -0.15) is 5.10 Å². The lowest BCUT2D eigenvalue weighted by Crippen LogP contribution is -2.07. The summed E-state index contributed by atoms with van der Waals surface area (Å²) in [6, 6.07) is 7.46. The van der Waals surface area contributed by atoms with Gasteiger partial charge >= 0.3 is 0 Å². The minimum Gasteiger partial charge on any atom is -0.384 e. The van der Waals surface area contributed by atoms with Crippen molar-refractivity contribution in [3.8, 4) is 0 Å². The lowest BCUT2D eigenvalue weighted by atomic mass is 9.90. The van der Waals surface area contributed by atoms with Gasteiger partial charge in [-0.25, -0.2) is 9.37 Å². The number of halogens is 1. The smallest absolute Gasteiger partial charge is 0.185 e. The number of H-pyrrole nitrogens is 1. The summed E-state index contributed by atoms with van der Waals surface area (Å²) in [6.07, 6.45) is 4.46. The van der Waals surface area contributed by atoms with Gasteiger partial charge in [-0.15, -0.1) is 0 Å². The maximum Gasteiger partial charge on any atom is 0.185 e. The Hall–Kier alpha value is -2.63. The maximum atomic E-state index is 14.3. The molecule has 0 atom stereocenters. The molecule has 0 saturated carbocycles.